The quantitative estimate of drug-likeness (QED) is 0.786. The fraction of sp³-hybridized carbons (Fsp3) is 0.647. The second kappa shape index (κ2) is 7.46. The molecule has 0 bridgehead atoms. The van der Waals surface area contributed by atoms with E-state index in [0.29, 0.717) is 6.04 Å². The van der Waals surface area contributed by atoms with Gasteiger partial charge in [0.1, 0.15) is 0 Å². The summed E-state index contributed by atoms with van der Waals surface area (Å²) in [6, 6.07) is 7.22. The Morgan fingerprint density at radius 2 is 1.90 bits per heavy atom. The van der Waals surface area contributed by atoms with Crippen LogP contribution in [-0.4, -0.2) is 18.1 Å². The summed E-state index contributed by atoms with van der Waals surface area (Å²) in [5, 5.41) is 3.53. The zero-order chi connectivity index (χ0) is 15.3. The van der Waals surface area contributed by atoms with Crippen LogP contribution in [0.1, 0.15) is 53.5 Å². The standard InChI is InChI=1S/C17H29BrN2/c1-7-10-20(13(2)3)16-9-8-14(11-15(16)18)12-19-17(4,5)6/h8-9,11,13,19H,7,10,12H2,1-6H3. The second-order valence-electron chi connectivity index (χ2n) is 6.68. The molecule has 0 unspecified atom stereocenters. The van der Waals surface area contributed by atoms with Gasteiger partial charge < -0.3 is 10.2 Å². The molecule has 0 aliphatic carbocycles. The Hall–Kier alpha value is -0.540. The number of halogens is 1. The van der Waals surface area contributed by atoms with Gasteiger partial charge in [-0.3, -0.25) is 0 Å². The number of nitrogens with one attached hydrogen (secondary N) is 1. The van der Waals surface area contributed by atoms with Crippen LogP contribution in [0.4, 0.5) is 5.69 Å². The SMILES string of the molecule is CCCN(c1ccc(CNC(C)(C)C)cc1Br)C(C)C. The fourth-order valence-corrected chi connectivity index (χ4v) is 2.81. The highest BCUT2D eigenvalue weighted by Gasteiger charge is 2.14. The van der Waals surface area contributed by atoms with E-state index in [1.165, 1.54) is 15.7 Å². The third kappa shape index (κ3) is 5.45. The van der Waals surface area contributed by atoms with Crippen LogP contribution in [0, 0.1) is 0 Å². The van der Waals surface area contributed by atoms with Crippen molar-refractivity contribution in [3.8, 4) is 0 Å². The zero-order valence-electron chi connectivity index (χ0n) is 13.8. The van der Waals surface area contributed by atoms with Crippen molar-refractivity contribution in [1.82, 2.24) is 5.32 Å². The molecule has 0 saturated heterocycles. The second-order valence-corrected chi connectivity index (χ2v) is 7.53. The van der Waals surface area contributed by atoms with Gasteiger partial charge in [0.25, 0.3) is 0 Å². The van der Waals surface area contributed by atoms with E-state index in [4.69, 9.17) is 0 Å². The predicted molar refractivity (Wildman–Crippen MR) is 93.5 cm³/mol. The molecule has 2 nitrogen and oxygen atoms in total. The molecule has 1 rings (SSSR count). The van der Waals surface area contributed by atoms with Gasteiger partial charge in [0, 0.05) is 29.1 Å². The van der Waals surface area contributed by atoms with E-state index in [9.17, 15) is 0 Å². The monoisotopic (exact) mass is 340 g/mol. The third-order valence-corrected chi connectivity index (χ3v) is 3.87. The van der Waals surface area contributed by atoms with Crippen LogP contribution in [0.15, 0.2) is 22.7 Å². The molecule has 1 N–H and O–H groups in total. The highest BCUT2D eigenvalue weighted by molar-refractivity contribution is 9.10. The largest absolute Gasteiger partial charge is 0.368 e. The van der Waals surface area contributed by atoms with Crippen LogP contribution < -0.4 is 10.2 Å². The summed E-state index contributed by atoms with van der Waals surface area (Å²) in [6.45, 7) is 15.3. The maximum absolute atomic E-state index is 3.74. The number of rotatable bonds is 6. The maximum atomic E-state index is 3.74. The molecular formula is C17H29BrN2. The normalized spacial score (nSPS) is 12.0. The molecule has 0 heterocycles. The van der Waals surface area contributed by atoms with Gasteiger partial charge in [-0.15, -0.1) is 0 Å². The minimum absolute atomic E-state index is 0.150. The summed E-state index contributed by atoms with van der Waals surface area (Å²) in [6.07, 6.45) is 1.16. The van der Waals surface area contributed by atoms with Gasteiger partial charge in [-0.25, -0.2) is 0 Å². The Morgan fingerprint density at radius 3 is 2.35 bits per heavy atom. The van der Waals surface area contributed by atoms with Crippen molar-refractivity contribution < 1.29 is 0 Å². The Labute approximate surface area is 133 Å². The first kappa shape index (κ1) is 17.5. The van der Waals surface area contributed by atoms with E-state index in [2.05, 4.69) is 85.9 Å². The lowest BCUT2D eigenvalue weighted by molar-refractivity contribution is 0.424. The molecule has 0 aliphatic heterocycles. The molecule has 0 saturated carbocycles. The summed E-state index contributed by atoms with van der Waals surface area (Å²) in [4.78, 5) is 2.45. The number of nitrogens with zero attached hydrogens (tertiary/aromatic N) is 1. The van der Waals surface area contributed by atoms with Crippen molar-refractivity contribution in [2.75, 3.05) is 11.4 Å². The molecule has 0 amide bonds. The predicted octanol–water partition coefficient (Wildman–Crippen LogP) is 4.96. The van der Waals surface area contributed by atoms with E-state index in [1.807, 2.05) is 0 Å². The average Bonchev–Trinajstić information content (AvgIpc) is 2.33. The minimum atomic E-state index is 0.150. The average molecular weight is 341 g/mol. The van der Waals surface area contributed by atoms with Gasteiger partial charge in [0.2, 0.25) is 0 Å². The molecule has 0 radical (unpaired) electrons. The van der Waals surface area contributed by atoms with Crippen LogP contribution >= 0.6 is 15.9 Å². The lowest BCUT2D eigenvalue weighted by atomic mass is 10.1. The highest BCUT2D eigenvalue weighted by Crippen LogP contribution is 2.29. The number of hydrogen-bond donors (Lipinski definition) is 1. The van der Waals surface area contributed by atoms with E-state index in [1.54, 1.807) is 0 Å². The number of benzene rings is 1. The van der Waals surface area contributed by atoms with Gasteiger partial charge in [0.15, 0.2) is 0 Å². The van der Waals surface area contributed by atoms with Crippen molar-refractivity contribution in [2.45, 2.75) is 66.1 Å². The minimum Gasteiger partial charge on any atom is -0.368 e. The first-order valence-electron chi connectivity index (χ1n) is 7.54. The summed E-state index contributed by atoms with van der Waals surface area (Å²) >= 11 is 3.74. The van der Waals surface area contributed by atoms with Crippen molar-refractivity contribution in [1.29, 1.82) is 0 Å². The molecule has 0 spiro atoms. The van der Waals surface area contributed by atoms with Gasteiger partial charge in [-0.2, -0.15) is 0 Å². The van der Waals surface area contributed by atoms with Crippen molar-refractivity contribution >= 4 is 21.6 Å². The Kier molecular flexibility index (Phi) is 6.53. The lowest BCUT2D eigenvalue weighted by Crippen LogP contribution is -2.35. The van der Waals surface area contributed by atoms with Gasteiger partial charge in [0.05, 0.1) is 5.69 Å². The van der Waals surface area contributed by atoms with E-state index < -0.39 is 0 Å². The Morgan fingerprint density at radius 1 is 1.25 bits per heavy atom. The van der Waals surface area contributed by atoms with Crippen molar-refractivity contribution in [3.63, 3.8) is 0 Å². The molecule has 20 heavy (non-hydrogen) atoms. The summed E-state index contributed by atoms with van der Waals surface area (Å²) in [7, 11) is 0. The van der Waals surface area contributed by atoms with Crippen molar-refractivity contribution in [3.05, 3.63) is 28.2 Å². The van der Waals surface area contributed by atoms with Gasteiger partial charge in [-0.05, 0) is 74.7 Å². The van der Waals surface area contributed by atoms with Crippen LogP contribution in [0.5, 0.6) is 0 Å². The summed E-state index contributed by atoms with van der Waals surface area (Å²) in [5.74, 6) is 0. The molecule has 1 aromatic carbocycles. The molecule has 0 aromatic heterocycles. The molecule has 1 aromatic rings. The topological polar surface area (TPSA) is 15.3 Å². The van der Waals surface area contributed by atoms with E-state index in [0.717, 1.165) is 19.5 Å². The van der Waals surface area contributed by atoms with Crippen molar-refractivity contribution in [2.24, 2.45) is 0 Å². The Balaban J connectivity index is 2.86. The maximum Gasteiger partial charge on any atom is 0.0513 e. The van der Waals surface area contributed by atoms with Crippen LogP contribution in [-0.2, 0) is 6.54 Å². The van der Waals surface area contributed by atoms with Crippen LogP contribution in [0.2, 0.25) is 0 Å². The third-order valence-electron chi connectivity index (χ3n) is 3.23. The molecule has 0 fully saturated rings. The lowest BCUT2D eigenvalue weighted by Gasteiger charge is -2.30. The molecule has 114 valence electrons. The molecule has 3 heteroatoms. The van der Waals surface area contributed by atoms with Crippen LogP contribution in [0.3, 0.4) is 0 Å². The highest BCUT2D eigenvalue weighted by atomic mass is 79.9. The molecule has 0 aliphatic rings. The molecule has 0 atom stereocenters. The van der Waals surface area contributed by atoms with Crippen LogP contribution in [0.25, 0.3) is 0 Å². The number of hydrogen-bond acceptors (Lipinski definition) is 2. The summed E-state index contributed by atoms with van der Waals surface area (Å²) in [5.41, 5.74) is 2.76. The fourth-order valence-electron chi connectivity index (χ4n) is 2.16. The summed E-state index contributed by atoms with van der Waals surface area (Å²) < 4.78 is 1.19. The Bertz CT molecular complexity index is 421. The van der Waals surface area contributed by atoms with E-state index >= 15 is 0 Å². The first-order valence-corrected chi connectivity index (χ1v) is 8.34. The number of anilines is 1. The molecular weight excluding hydrogens is 312 g/mol. The van der Waals surface area contributed by atoms with Gasteiger partial charge in [-0.1, -0.05) is 13.0 Å². The first-order chi connectivity index (χ1) is 9.24. The van der Waals surface area contributed by atoms with Gasteiger partial charge >= 0.3 is 0 Å². The zero-order valence-corrected chi connectivity index (χ0v) is 15.3. The smallest absolute Gasteiger partial charge is 0.0513 e. The van der Waals surface area contributed by atoms with E-state index in [-0.39, 0.29) is 5.54 Å².